The molecule has 0 spiro atoms. The zero-order valence-electron chi connectivity index (χ0n) is 10.9. The number of halogens is 2. The summed E-state index contributed by atoms with van der Waals surface area (Å²) in [5.74, 6) is 0.912. The Morgan fingerprint density at radius 1 is 1.30 bits per heavy atom. The van der Waals surface area contributed by atoms with Crippen LogP contribution in [-0.4, -0.2) is 31.6 Å². The molecule has 3 heterocycles. The van der Waals surface area contributed by atoms with Gasteiger partial charge in [0.1, 0.15) is 12.2 Å². The fourth-order valence-electron chi connectivity index (χ4n) is 2.62. The molecule has 0 bridgehead atoms. The van der Waals surface area contributed by atoms with Crippen molar-refractivity contribution >= 4 is 23.2 Å². The van der Waals surface area contributed by atoms with Crippen molar-refractivity contribution in [3.8, 4) is 0 Å². The third-order valence-electron chi connectivity index (χ3n) is 3.60. The first-order valence-electron chi connectivity index (χ1n) is 6.63. The second kappa shape index (κ2) is 6.08. The van der Waals surface area contributed by atoms with E-state index in [1.54, 1.807) is 18.6 Å². The predicted octanol–water partition coefficient (Wildman–Crippen LogP) is 3.23. The normalized spacial score (nSPS) is 20.2. The van der Waals surface area contributed by atoms with Gasteiger partial charge in [0.05, 0.1) is 21.8 Å². The van der Waals surface area contributed by atoms with E-state index >= 15 is 0 Å². The molecule has 3 rings (SSSR count). The molecular weight excluding hydrogens is 297 g/mol. The first-order chi connectivity index (χ1) is 9.74. The van der Waals surface area contributed by atoms with E-state index < -0.39 is 0 Å². The Morgan fingerprint density at radius 2 is 2.20 bits per heavy atom. The van der Waals surface area contributed by atoms with E-state index in [1.807, 2.05) is 0 Å². The molecule has 2 aromatic heterocycles. The van der Waals surface area contributed by atoms with Crippen molar-refractivity contribution in [2.75, 3.05) is 6.54 Å². The molecule has 1 N–H and O–H groups in total. The molecule has 0 aliphatic carbocycles. The molecule has 0 unspecified atom stereocenters. The number of aromatic nitrogens is 4. The highest BCUT2D eigenvalue weighted by molar-refractivity contribution is 6.34. The minimum Gasteiger partial charge on any atom is -0.287 e. The van der Waals surface area contributed by atoms with Crippen LogP contribution < -0.4 is 0 Å². The fourth-order valence-corrected chi connectivity index (χ4v) is 3.06. The lowest BCUT2D eigenvalue weighted by Crippen LogP contribution is -2.34. The van der Waals surface area contributed by atoms with E-state index in [1.165, 1.54) is 12.8 Å². The van der Waals surface area contributed by atoms with Crippen LogP contribution >= 0.6 is 23.2 Å². The van der Waals surface area contributed by atoms with Gasteiger partial charge < -0.3 is 0 Å². The standard InChI is InChI=1S/C13H15Cl2N5/c14-9-5-10(15)11(16-6-9)7-20-4-2-1-3-12(20)13-17-8-18-19-13/h5-6,8,12H,1-4,7H2,(H,17,18,19)/t12-/m0/s1. The highest BCUT2D eigenvalue weighted by atomic mass is 35.5. The molecule has 1 saturated heterocycles. The van der Waals surface area contributed by atoms with Gasteiger partial charge >= 0.3 is 0 Å². The predicted molar refractivity (Wildman–Crippen MR) is 77.6 cm³/mol. The minimum absolute atomic E-state index is 0.250. The Morgan fingerprint density at radius 3 is 2.95 bits per heavy atom. The van der Waals surface area contributed by atoms with Crippen molar-refractivity contribution in [1.29, 1.82) is 0 Å². The Balaban J connectivity index is 1.80. The summed E-state index contributed by atoms with van der Waals surface area (Å²) >= 11 is 12.1. The maximum atomic E-state index is 6.21. The molecule has 0 amide bonds. The van der Waals surface area contributed by atoms with Crippen molar-refractivity contribution in [1.82, 2.24) is 25.1 Å². The number of pyridine rings is 1. The number of H-pyrrole nitrogens is 1. The van der Waals surface area contributed by atoms with Crippen molar-refractivity contribution in [3.63, 3.8) is 0 Å². The molecule has 1 atom stereocenters. The van der Waals surface area contributed by atoms with E-state index in [4.69, 9.17) is 23.2 Å². The molecule has 1 fully saturated rings. The summed E-state index contributed by atoms with van der Waals surface area (Å²) in [6.07, 6.45) is 6.63. The Kier molecular flexibility index (Phi) is 4.19. The third-order valence-corrected chi connectivity index (χ3v) is 4.13. The first kappa shape index (κ1) is 13.8. The first-order valence-corrected chi connectivity index (χ1v) is 7.39. The summed E-state index contributed by atoms with van der Waals surface area (Å²) in [5, 5.41) is 8.09. The molecule has 1 aliphatic heterocycles. The largest absolute Gasteiger partial charge is 0.287 e. The average Bonchev–Trinajstić information content (AvgIpc) is 2.96. The van der Waals surface area contributed by atoms with Gasteiger partial charge in [-0.2, -0.15) is 5.10 Å². The summed E-state index contributed by atoms with van der Waals surface area (Å²) in [6, 6.07) is 1.98. The van der Waals surface area contributed by atoms with Crippen LogP contribution in [0.4, 0.5) is 0 Å². The zero-order chi connectivity index (χ0) is 13.9. The number of nitrogens with one attached hydrogen (secondary N) is 1. The van der Waals surface area contributed by atoms with Gasteiger partial charge in [-0.25, -0.2) is 4.98 Å². The zero-order valence-corrected chi connectivity index (χ0v) is 12.4. The molecule has 2 aromatic rings. The van der Waals surface area contributed by atoms with Gasteiger partial charge in [-0.15, -0.1) is 0 Å². The maximum absolute atomic E-state index is 6.21. The summed E-state index contributed by atoms with van der Waals surface area (Å²) in [4.78, 5) is 11.0. The number of piperidine rings is 1. The van der Waals surface area contributed by atoms with Crippen LogP contribution in [0.2, 0.25) is 10.0 Å². The molecule has 106 valence electrons. The Hall–Kier alpha value is -1.17. The SMILES string of the molecule is Clc1cnc(CN2CCCC[C@H]2c2ncn[nH]2)c(Cl)c1. The van der Waals surface area contributed by atoms with E-state index in [9.17, 15) is 0 Å². The summed E-state index contributed by atoms with van der Waals surface area (Å²) in [7, 11) is 0. The fraction of sp³-hybridized carbons (Fsp3) is 0.462. The second-order valence-corrected chi connectivity index (χ2v) is 5.78. The van der Waals surface area contributed by atoms with Crippen LogP contribution in [0.5, 0.6) is 0 Å². The van der Waals surface area contributed by atoms with Gasteiger partial charge in [-0.1, -0.05) is 29.6 Å². The molecule has 5 nitrogen and oxygen atoms in total. The van der Waals surface area contributed by atoms with Crippen molar-refractivity contribution in [3.05, 3.63) is 40.2 Å². The van der Waals surface area contributed by atoms with Gasteiger partial charge in [-0.3, -0.25) is 15.0 Å². The highest BCUT2D eigenvalue weighted by Crippen LogP contribution is 2.31. The van der Waals surface area contributed by atoms with Crippen LogP contribution in [0.3, 0.4) is 0 Å². The number of hydrogen-bond acceptors (Lipinski definition) is 4. The number of likely N-dealkylation sites (tertiary alicyclic amines) is 1. The third kappa shape index (κ3) is 2.95. The lowest BCUT2D eigenvalue weighted by atomic mass is 10.0. The van der Waals surface area contributed by atoms with Gasteiger partial charge in [0.25, 0.3) is 0 Å². The molecule has 0 saturated carbocycles. The maximum Gasteiger partial charge on any atom is 0.141 e. The van der Waals surface area contributed by atoms with Gasteiger partial charge in [0.2, 0.25) is 0 Å². The van der Waals surface area contributed by atoms with Crippen LogP contribution in [0.1, 0.15) is 36.8 Å². The highest BCUT2D eigenvalue weighted by Gasteiger charge is 2.26. The van der Waals surface area contributed by atoms with E-state index in [-0.39, 0.29) is 6.04 Å². The molecule has 1 aliphatic rings. The van der Waals surface area contributed by atoms with Gasteiger partial charge in [-0.05, 0) is 25.5 Å². The van der Waals surface area contributed by atoms with Crippen LogP contribution in [0.25, 0.3) is 0 Å². The molecular formula is C13H15Cl2N5. The lowest BCUT2D eigenvalue weighted by molar-refractivity contribution is 0.132. The monoisotopic (exact) mass is 311 g/mol. The topological polar surface area (TPSA) is 57.7 Å². The van der Waals surface area contributed by atoms with E-state index in [2.05, 4.69) is 25.1 Å². The van der Waals surface area contributed by atoms with Crippen molar-refractivity contribution < 1.29 is 0 Å². The van der Waals surface area contributed by atoms with Crippen LogP contribution in [-0.2, 0) is 6.54 Å². The number of nitrogens with zero attached hydrogens (tertiary/aromatic N) is 4. The molecule has 0 aromatic carbocycles. The number of aromatic amines is 1. The molecule has 0 radical (unpaired) electrons. The van der Waals surface area contributed by atoms with E-state index in [0.717, 1.165) is 24.5 Å². The van der Waals surface area contributed by atoms with Gasteiger partial charge in [0, 0.05) is 12.7 Å². The summed E-state index contributed by atoms with van der Waals surface area (Å²) in [6.45, 7) is 1.70. The Bertz CT molecular complexity index is 572. The minimum atomic E-state index is 0.250. The van der Waals surface area contributed by atoms with Crippen LogP contribution in [0.15, 0.2) is 18.6 Å². The smallest absolute Gasteiger partial charge is 0.141 e. The summed E-state index contributed by atoms with van der Waals surface area (Å²) < 4.78 is 0. The van der Waals surface area contributed by atoms with Crippen molar-refractivity contribution in [2.24, 2.45) is 0 Å². The number of hydrogen-bond donors (Lipinski definition) is 1. The van der Waals surface area contributed by atoms with Crippen LogP contribution in [0, 0.1) is 0 Å². The lowest BCUT2D eigenvalue weighted by Gasteiger charge is -2.34. The van der Waals surface area contributed by atoms with Crippen molar-refractivity contribution in [2.45, 2.75) is 31.8 Å². The molecule has 20 heavy (non-hydrogen) atoms. The average molecular weight is 312 g/mol. The quantitative estimate of drug-likeness (QED) is 0.945. The Labute approximate surface area is 127 Å². The number of rotatable bonds is 3. The molecule has 7 heteroatoms. The van der Waals surface area contributed by atoms with E-state index in [0.29, 0.717) is 16.6 Å². The van der Waals surface area contributed by atoms with Gasteiger partial charge in [0.15, 0.2) is 0 Å². The second-order valence-electron chi connectivity index (χ2n) is 4.93. The summed E-state index contributed by atoms with van der Waals surface area (Å²) in [5.41, 5.74) is 0.850.